The van der Waals surface area contributed by atoms with E-state index in [4.69, 9.17) is 4.74 Å². The molecule has 4 aromatic rings. The highest BCUT2D eigenvalue weighted by molar-refractivity contribution is 7.99. The van der Waals surface area contributed by atoms with Crippen molar-refractivity contribution in [3.63, 3.8) is 0 Å². The summed E-state index contributed by atoms with van der Waals surface area (Å²) in [5, 5.41) is 11.4. The topological polar surface area (TPSA) is 101 Å². The molecule has 0 unspecified atom stereocenters. The second-order valence-corrected chi connectivity index (χ2v) is 9.06. The number of esters is 1. The summed E-state index contributed by atoms with van der Waals surface area (Å²) in [5.74, 6) is 0.217. The number of benzene rings is 1. The highest BCUT2D eigenvalue weighted by Crippen LogP contribution is 2.38. The average molecular weight is 442 g/mol. The molecule has 0 bridgehead atoms. The number of imidazole rings is 1. The number of fused-ring (bicyclic) bond motifs is 4. The van der Waals surface area contributed by atoms with Gasteiger partial charge in [-0.1, -0.05) is 23.9 Å². The average Bonchev–Trinajstić information content (AvgIpc) is 3.43. The van der Waals surface area contributed by atoms with Gasteiger partial charge in [0.2, 0.25) is 11.7 Å². The highest BCUT2D eigenvalue weighted by Gasteiger charge is 2.27. The van der Waals surface area contributed by atoms with Gasteiger partial charge in [-0.15, -0.1) is 16.4 Å². The minimum Gasteiger partial charge on any atom is -0.465 e. The van der Waals surface area contributed by atoms with Crippen molar-refractivity contribution in [2.45, 2.75) is 30.8 Å². The van der Waals surface area contributed by atoms with E-state index in [1.54, 1.807) is 0 Å². The number of nitrogens with one attached hydrogen (secondary N) is 2. The molecule has 10 heteroatoms. The first kappa shape index (κ1) is 19.1. The van der Waals surface area contributed by atoms with Crippen LogP contribution < -0.4 is 5.32 Å². The smallest absolute Gasteiger partial charge is 0.341 e. The van der Waals surface area contributed by atoms with Crippen molar-refractivity contribution in [1.29, 1.82) is 0 Å². The molecule has 0 radical (unpaired) electrons. The fourth-order valence-corrected chi connectivity index (χ4v) is 5.85. The van der Waals surface area contributed by atoms with Crippen molar-refractivity contribution in [1.82, 2.24) is 19.6 Å². The lowest BCUT2D eigenvalue weighted by molar-refractivity contribution is -0.113. The van der Waals surface area contributed by atoms with Crippen LogP contribution in [0.25, 0.3) is 16.8 Å². The van der Waals surface area contributed by atoms with E-state index in [2.05, 4.69) is 20.5 Å². The maximum Gasteiger partial charge on any atom is 0.341 e. The number of methoxy groups -OCH3 is 1. The molecule has 30 heavy (non-hydrogen) atoms. The summed E-state index contributed by atoms with van der Waals surface area (Å²) in [6, 6.07) is 7.78. The van der Waals surface area contributed by atoms with Gasteiger partial charge in [0.25, 0.3) is 0 Å². The molecule has 3 heterocycles. The van der Waals surface area contributed by atoms with E-state index in [-0.39, 0.29) is 11.7 Å². The van der Waals surface area contributed by atoms with E-state index >= 15 is 0 Å². The van der Waals surface area contributed by atoms with Crippen LogP contribution in [0.2, 0.25) is 0 Å². The molecule has 0 fully saturated rings. The molecule has 5 rings (SSSR count). The number of hydrogen-bond donors (Lipinski definition) is 2. The van der Waals surface area contributed by atoms with Crippen molar-refractivity contribution < 1.29 is 14.3 Å². The van der Waals surface area contributed by atoms with E-state index in [0.29, 0.717) is 21.5 Å². The van der Waals surface area contributed by atoms with Gasteiger partial charge in [0, 0.05) is 4.88 Å². The largest absolute Gasteiger partial charge is 0.465 e. The third-order valence-electron chi connectivity index (χ3n) is 5.15. The van der Waals surface area contributed by atoms with Crippen molar-refractivity contribution in [2.75, 3.05) is 18.2 Å². The number of thioether (sulfide) groups is 1. The molecule has 1 aromatic carbocycles. The van der Waals surface area contributed by atoms with Crippen molar-refractivity contribution in [3.8, 4) is 0 Å². The Hall–Kier alpha value is -2.85. The standard InChI is InChI=1S/C20H19N5O3S2/c1-28-18(27)16-11-6-2-5-9-14(11)30-17(16)22-15(26)10-29-20-24-23-19-21-12-7-3-4-8-13(12)25(19)20/h3-4,7-8H,2,5-6,9-10H2,1H3,(H,21,23)(H,22,26). The van der Waals surface area contributed by atoms with Crippen molar-refractivity contribution in [2.24, 2.45) is 0 Å². The third-order valence-corrected chi connectivity index (χ3v) is 7.30. The summed E-state index contributed by atoms with van der Waals surface area (Å²) in [5.41, 5.74) is 3.34. The Balaban J connectivity index is 1.36. The first-order chi connectivity index (χ1) is 14.7. The van der Waals surface area contributed by atoms with Gasteiger partial charge >= 0.3 is 5.97 Å². The Labute approximate surface area is 180 Å². The number of carbonyl (C=O) groups is 2. The number of rotatable bonds is 5. The minimum absolute atomic E-state index is 0.162. The number of thiophene rings is 1. The number of aromatic amines is 1. The molecule has 2 N–H and O–H groups in total. The number of hydrogen-bond acceptors (Lipinski definition) is 7. The van der Waals surface area contributed by atoms with Crippen LogP contribution in [0.1, 0.15) is 33.6 Å². The van der Waals surface area contributed by atoms with Crippen LogP contribution in [0, 0.1) is 0 Å². The molecule has 1 aliphatic carbocycles. The lowest BCUT2D eigenvalue weighted by Crippen LogP contribution is -2.16. The molecule has 0 aliphatic heterocycles. The van der Waals surface area contributed by atoms with Crippen LogP contribution in [0.4, 0.5) is 5.00 Å². The van der Waals surface area contributed by atoms with E-state index in [1.807, 2.05) is 28.7 Å². The normalized spacial score (nSPS) is 13.5. The van der Waals surface area contributed by atoms with Gasteiger partial charge in [0.1, 0.15) is 5.00 Å². The lowest BCUT2D eigenvalue weighted by atomic mass is 9.95. The summed E-state index contributed by atoms with van der Waals surface area (Å²) >= 11 is 2.80. The summed E-state index contributed by atoms with van der Waals surface area (Å²) in [6.45, 7) is 0. The number of aryl methyl sites for hydroxylation is 1. The van der Waals surface area contributed by atoms with Gasteiger partial charge in [-0.2, -0.15) is 0 Å². The molecule has 0 saturated heterocycles. The maximum atomic E-state index is 12.7. The fourth-order valence-electron chi connectivity index (χ4n) is 3.80. The zero-order chi connectivity index (χ0) is 20.7. The van der Waals surface area contributed by atoms with Gasteiger partial charge in [0.05, 0.1) is 29.5 Å². The lowest BCUT2D eigenvalue weighted by Gasteiger charge is -2.11. The Bertz CT molecular complexity index is 1270. The Morgan fingerprint density at radius 1 is 1.30 bits per heavy atom. The number of carbonyl (C=O) groups excluding carboxylic acids is 2. The number of H-pyrrole nitrogens is 1. The summed E-state index contributed by atoms with van der Waals surface area (Å²) < 4.78 is 6.87. The first-order valence-corrected chi connectivity index (χ1v) is 11.4. The predicted octanol–water partition coefficient (Wildman–Crippen LogP) is 3.67. The summed E-state index contributed by atoms with van der Waals surface area (Å²) in [7, 11) is 1.37. The van der Waals surface area contributed by atoms with Crippen LogP contribution in [0.15, 0.2) is 29.4 Å². The number of amides is 1. The predicted molar refractivity (Wildman–Crippen MR) is 116 cm³/mol. The highest BCUT2D eigenvalue weighted by atomic mass is 32.2. The Kier molecular flexibility index (Phi) is 4.95. The van der Waals surface area contributed by atoms with Crippen molar-refractivity contribution >= 4 is 56.8 Å². The number of anilines is 1. The van der Waals surface area contributed by atoms with Gasteiger partial charge in [0.15, 0.2) is 5.16 Å². The Morgan fingerprint density at radius 3 is 3.00 bits per heavy atom. The second-order valence-electron chi connectivity index (χ2n) is 7.01. The third kappa shape index (κ3) is 3.25. The van der Waals surface area contributed by atoms with Gasteiger partial charge in [-0.25, -0.2) is 14.9 Å². The van der Waals surface area contributed by atoms with Crippen LogP contribution in [0.5, 0.6) is 0 Å². The fraction of sp³-hybridized carbons (Fsp3) is 0.300. The van der Waals surface area contributed by atoms with Crippen LogP contribution in [-0.2, 0) is 22.4 Å². The monoisotopic (exact) mass is 441 g/mol. The number of nitrogens with zero attached hydrogens (tertiary/aromatic N) is 3. The molecule has 0 saturated carbocycles. The molecule has 0 atom stereocenters. The summed E-state index contributed by atoms with van der Waals surface area (Å²) in [4.78, 5) is 30.7. The molecule has 8 nitrogen and oxygen atoms in total. The zero-order valence-corrected chi connectivity index (χ0v) is 17.9. The molecule has 0 spiro atoms. The number of para-hydroxylation sites is 2. The molecular formula is C20H19N5O3S2. The van der Waals surface area contributed by atoms with Crippen LogP contribution >= 0.6 is 23.1 Å². The van der Waals surface area contributed by atoms with Gasteiger partial charge in [-0.05, 0) is 43.4 Å². The zero-order valence-electron chi connectivity index (χ0n) is 16.2. The SMILES string of the molecule is COC(=O)c1c(NC(=O)CSc2n[nH]c3nc4ccccc4n23)sc2c1CCCC2. The summed E-state index contributed by atoms with van der Waals surface area (Å²) in [6.07, 6.45) is 3.93. The van der Waals surface area contributed by atoms with E-state index < -0.39 is 5.97 Å². The number of ether oxygens (including phenoxy) is 1. The number of aromatic nitrogens is 4. The minimum atomic E-state index is -0.392. The van der Waals surface area contributed by atoms with Crippen LogP contribution in [-0.4, -0.2) is 44.3 Å². The van der Waals surface area contributed by atoms with Gasteiger partial charge < -0.3 is 10.1 Å². The Morgan fingerprint density at radius 2 is 2.13 bits per heavy atom. The second kappa shape index (κ2) is 7.77. The molecule has 154 valence electrons. The van der Waals surface area contributed by atoms with E-state index in [0.717, 1.165) is 42.3 Å². The van der Waals surface area contributed by atoms with Gasteiger partial charge in [-0.3, -0.25) is 9.20 Å². The van der Waals surface area contributed by atoms with E-state index in [9.17, 15) is 9.59 Å². The van der Waals surface area contributed by atoms with E-state index in [1.165, 1.54) is 35.1 Å². The molecular weight excluding hydrogens is 422 g/mol. The quantitative estimate of drug-likeness (QED) is 0.362. The first-order valence-electron chi connectivity index (χ1n) is 9.62. The van der Waals surface area contributed by atoms with Crippen LogP contribution in [0.3, 0.4) is 0 Å². The van der Waals surface area contributed by atoms with Crippen molar-refractivity contribution in [3.05, 3.63) is 40.3 Å². The maximum absolute atomic E-state index is 12.7. The molecule has 1 amide bonds. The molecule has 1 aliphatic rings. The molecule has 3 aromatic heterocycles.